The molecule has 0 saturated carbocycles. The molecule has 1 unspecified atom stereocenters. The summed E-state index contributed by atoms with van der Waals surface area (Å²) in [7, 11) is 0. The molecule has 0 heterocycles. The lowest BCUT2D eigenvalue weighted by Crippen LogP contribution is -2.11. The molecule has 0 fully saturated rings. The molecule has 0 bridgehead atoms. The van der Waals surface area contributed by atoms with E-state index in [4.69, 9.17) is 23.2 Å². The lowest BCUT2D eigenvalue weighted by molar-refractivity contribution is 0.546. The summed E-state index contributed by atoms with van der Waals surface area (Å²) in [6, 6.07) is 13.5. The number of benzene rings is 2. The molecule has 0 radical (unpaired) electrons. The highest BCUT2D eigenvalue weighted by Crippen LogP contribution is 2.23. The Morgan fingerprint density at radius 3 is 2.40 bits per heavy atom. The van der Waals surface area contributed by atoms with Gasteiger partial charge in [0.05, 0.1) is 5.02 Å². The van der Waals surface area contributed by atoms with Crippen LogP contribution in [0.4, 0.5) is 4.39 Å². The van der Waals surface area contributed by atoms with Crippen LogP contribution in [0.5, 0.6) is 0 Å². The van der Waals surface area contributed by atoms with Crippen molar-refractivity contribution < 1.29 is 4.39 Å². The van der Waals surface area contributed by atoms with Gasteiger partial charge in [-0.15, -0.1) is 11.6 Å². The summed E-state index contributed by atoms with van der Waals surface area (Å²) in [4.78, 5) is 0. The van der Waals surface area contributed by atoms with Gasteiger partial charge in [0.1, 0.15) is 5.82 Å². The van der Waals surface area contributed by atoms with E-state index in [1.807, 2.05) is 0 Å². The van der Waals surface area contributed by atoms with Crippen LogP contribution in [0.15, 0.2) is 42.5 Å². The van der Waals surface area contributed by atoms with Gasteiger partial charge in [0.2, 0.25) is 0 Å². The molecular formula is C17H17Cl2F. The van der Waals surface area contributed by atoms with Gasteiger partial charge in [-0.3, -0.25) is 0 Å². The van der Waals surface area contributed by atoms with Crippen LogP contribution >= 0.6 is 23.2 Å². The van der Waals surface area contributed by atoms with E-state index >= 15 is 0 Å². The molecule has 3 heteroatoms. The summed E-state index contributed by atoms with van der Waals surface area (Å²) in [6.45, 7) is 2.06. The highest BCUT2D eigenvalue weighted by molar-refractivity contribution is 6.30. The van der Waals surface area contributed by atoms with E-state index in [2.05, 4.69) is 31.2 Å². The van der Waals surface area contributed by atoms with Crippen molar-refractivity contribution in [1.29, 1.82) is 0 Å². The number of hydrogen-bond acceptors (Lipinski definition) is 0. The molecule has 0 saturated heterocycles. The summed E-state index contributed by atoms with van der Waals surface area (Å²) in [5.74, 6) is 0.375. The molecule has 2 rings (SSSR count). The predicted molar refractivity (Wildman–Crippen MR) is 84.2 cm³/mol. The normalized spacial score (nSPS) is 12.4. The van der Waals surface area contributed by atoms with Gasteiger partial charge >= 0.3 is 0 Å². The largest absolute Gasteiger partial charge is 0.205 e. The Kier molecular flexibility index (Phi) is 5.45. The Morgan fingerprint density at radius 1 is 1.05 bits per heavy atom. The Balaban J connectivity index is 2.09. The number of alkyl halides is 1. The van der Waals surface area contributed by atoms with E-state index < -0.39 is 0 Å². The van der Waals surface area contributed by atoms with Crippen LogP contribution < -0.4 is 0 Å². The molecule has 2 aromatic rings. The Labute approximate surface area is 129 Å². The van der Waals surface area contributed by atoms with Crippen molar-refractivity contribution >= 4 is 23.2 Å². The first-order valence-electron chi connectivity index (χ1n) is 6.64. The van der Waals surface area contributed by atoms with Gasteiger partial charge in [-0.05, 0) is 42.9 Å². The maximum absolute atomic E-state index is 13.9. The van der Waals surface area contributed by atoms with Gasteiger partial charge in [0.25, 0.3) is 0 Å². The minimum Gasteiger partial charge on any atom is -0.205 e. The fraction of sp³-hybridized carbons (Fsp3) is 0.294. The second kappa shape index (κ2) is 7.10. The number of rotatable bonds is 5. The minimum atomic E-state index is -0.326. The molecule has 0 N–H and O–H groups in total. The van der Waals surface area contributed by atoms with E-state index in [0.717, 1.165) is 6.42 Å². The highest BCUT2D eigenvalue weighted by Gasteiger charge is 2.14. The second-order valence-corrected chi connectivity index (χ2v) is 5.84. The topological polar surface area (TPSA) is 0 Å². The molecule has 106 valence electrons. The summed E-state index contributed by atoms with van der Waals surface area (Å²) in [5.41, 5.74) is 3.09. The summed E-state index contributed by atoms with van der Waals surface area (Å²) in [5, 5.41) is 0.172. The number of hydrogen-bond donors (Lipinski definition) is 0. The lowest BCUT2D eigenvalue weighted by atomic mass is 9.93. The third-order valence-corrected chi connectivity index (χ3v) is 4.13. The van der Waals surface area contributed by atoms with Crippen LogP contribution in [-0.4, -0.2) is 5.88 Å². The van der Waals surface area contributed by atoms with Gasteiger partial charge in [0.15, 0.2) is 0 Å². The minimum absolute atomic E-state index is 0.172. The first-order valence-corrected chi connectivity index (χ1v) is 7.55. The zero-order valence-electron chi connectivity index (χ0n) is 11.4. The van der Waals surface area contributed by atoms with Gasteiger partial charge in [0, 0.05) is 5.88 Å². The first-order chi connectivity index (χ1) is 9.60. The molecular weight excluding hydrogens is 294 g/mol. The SMILES string of the molecule is Cc1ccc(CC(CCl)Cc2cccc(Cl)c2F)cc1. The molecule has 0 aliphatic carbocycles. The summed E-state index contributed by atoms with van der Waals surface area (Å²) in [6.07, 6.45) is 1.44. The highest BCUT2D eigenvalue weighted by atomic mass is 35.5. The molecule has 2 aromatic carbocycles. The summed E-state index contributed by atoms with van der Waals surface area (Å²) >= 11 is 11.8. The Hall–Kier alpha value is -1.05. The van der Waals surface area contributed by atoms with E-state index in [0.29, 0.717) is 17.9 Å². The molecule has 0 spiro atoms. The fourth-order valence-electron chi connectivity index (χ4n) is 2.26. The van der Waals surface area contributed by atoms with Crippen molar-refractivity contribution in [3.8, 4) is 0 Å². The monoisotopic (exact) mass is 310 g/mol. The van der Waals surface area contributed by atoms with E-state index in [1.54, 1.807) is 18.2 Å². The quantitative estimate of drug-likeness (QED) is 0.646. The predicted octanol–water partition coefficient (Wildman–Crippen LogP) is 5.43. The Bertz CT molecular complexity index is 564. The van der Waals surface area contributed by atoms with Gasteiger partial charge < -0.3 is 0 Å². The third-order valence-electron chi connectivity index (χ3n) is 3.40. The first kappa shape index (κ1) is 15.3. The van der Waals surface area contributed by atoms with E-state index in [-0.39, 0.29) is 16.8 Å². The average Bonchev–Trinajstić information content (AvgIpc) is 2.45. The zero-order chi connectivity index (χ0) is 14.5. The van der Waals surface area contributed by atoms with E-state index in [9.17, 15) is 4.39 Å². The van der Waals surface area contributed by atoms with Crippen LogP contribution in [0.3, 0.4) is 0 Å². The fourth-order valence-corrected chi connectivity index (χ4v) is 2.67. The van der Waals surface area contributed by atoms with Crippen LogP contribution in [-0.2, 0) is 12.8 Å². The maximum Gasteiger partial charge on any atom is 0.144 e. The van der Waals surface area contributed by atoms with Gasteiger partial charge in [-0.25, -0.2) is 4.39 Å². The molecule has 20 heavy (non-hydrogen) atoms. The van der Waals surface area contributed by atoms with Crippen LogP contribution in [0.2, 0.25) is 5.02 Å². The maximum atomic E-state index is 13.9. The van der Waals surface area contributed by atoms with Crippen molar-refractivity contribution in [2.45, 2.75) is 19.8 Å². The van der Waals surface area contributed by atoms with E-state index in [1.165, 1.54) is 11.1 Å². The molecule has 1 atom stereocenters. The van der Waals surface area contributed by atoms with Crippen molar-refractivity contribution in [2.75, 3.05) is 5.88 Å². The van der Waals surface area contributed by atoms with Gasteiger partial charge in [-0.2, -0.15) is 0 Å². The number of aryl methyl sites for hydroxylation is 1. The van der Waals surface area contributed by atoms with Crippen molar-refractivity contribution in [2.24, 2.45) is 5.92 Å². The van der Waals surface area contributed by atoms with Crippen LogP contribution in [0.1, 0.15) is 16.7 Å². The lowest BCUT2D eigenvalue weighted by Gasteiger charge is -2.15. The van der Waals surface area contributed by atoms with Crippen LogP contribution in [0, 0.1) is 18.7 Å². The summed E-state index contributed by atoms with van der Waals surface area (Å²) < 4.78 is 13.9. The third kappa shape index (κ3) is 3.97. The smallest absolute Gasteiger partial charge is 0.144 e. The molecule has 0 aliphatic heterocycles. The standard InChI is InChI=1S/C17H17Cl2F/c1-12-5-7-13(8-6-12)9-14(11-18)10-15-3-2-4-16(19)17(15)20/h2-8,14H,9-11H2,1H3. The van der Waals surface area contributed by atoms with Crippen LogP contribution in [0.25, 0.3) is 0 Å². The number of halogens is 3. The Morgan fingerprint density at radius 2 is 1.75 bits per heavy atom. The molecule has 0 nitrogen and oxygen atoms in total. The average molecular weight is 311 g/mol. The zero-order valence-corrected chi connectivity index (χ0v) is 12.9. The molecule has 0 aromatic heterocycles. The van der Waals surface area contributed by atoms with Gasteiger partial charge in [-0.1, -0.05) is 53.6 Å². The van der Waals surface area contributed by atoms with Crippen molar-refractivity contribution in [3.05, 3.63) is 70.0 Å². The van der Waals surface area contributed by atoms with Crippen molar-refractivity contribution in [3.63, 3.8) is 0 Å². The molecule has 0 amide bonds. The molecule has 0 aliphatic rings. The second-order valence-electron chi connectivity index (χ2n) is 5.13. The van der Waals surface area contributed by atoms with Crippen molar-refractivity contribution in [1.82, 2.24) is 0 Å².